The largest absolute Gasteiger partial charge is 0.378 e. The summed E-state index contributed by atoms with van der Waals surface area (Å²) in [5, 5.41) is 0. The Morgan fingerprint density at radius 3 is 2.45 bits per heavy atom. The van der Waals surface area contributed by atoms with Gasteiger partial charge in [-0.1, -0.05) is 42.5 Å². The molecule has 1 heterocycles. The Balaban J connectivity index is 1.64. The zero-order chi connectivity index (χ0) is 22.0. The average molecular weight is 436 g/mol. The maximum atomic E-state index is 13.0. The smallest absolute Gasteiger partial charge is 0.240 e. The lowest BCUT2D eigenvalue weighted by Gasteiger charge is -2.31. The van der Waals surface area contributed by atoms with E-state index in [1.165, 1.54) is 11.3 Å². The Morgan fingerprint density at radius 1 is 1.00 bits per heavy atom. The van der Waals surface area contributed by atoms with Gasteiger partial charge in [-0.3, -0.25) is 0 Å². The highest BCUT2D eigenvalue weighted by Crippen LogP contribution is 2.35. The zero-order valence-electron chi connectivity index (χ0n) is 18.2. The van der Waals surface area contributed by atoms with Gasteiger partial charge >= 0.3 is 0 Å². The molecule has 0 spiro atoms. The lowest BCUT2D eigenvalue weighted by molar-refractivity contribution is 0.563. The third-order valence-electron chi connectivity index (χ3n) is 5.86. The first-order chi connectivity index (χ1) is 14.8. The molecule has 1 aliphatic rings. The minimum absolute atomic E-state index is 0.0977. The van der Waals surface area contributed by atoms with E-state index < -0.39 is 10.0 Å². The Labute approximate surface area is 185 Å². The van der Waals surface area contributed by atoms with Gasteiger partial charge in [0, 0.05) is 38.6 Å². The summed E-state index contributed by atoms with van der Waals surface area (Å²) in [7, 11) is 0.427. The lowest BCUT2D eigenvalue weighted by atomic mass is 10.0. The molecule has 0 bridgehead atoms. The minimum Gasteiger partial charge on any atom is -0.378 e. The quantitative estimate of drug-likeness (QED) is 0.606. The highest BCUT2D eigenvalue weighted by Gasteiger charge is 2.28. The third-order valence-corrected chi connectivity index (χ3v) is 7.28. The minimum atomic E-state index is -3.60. The fraction of sp³-hybridized carbons (Fsp3) is 0.280. The van der Waals surface area contributed by atoms with E-state index in [1.807, 2.05) is 33.2 Å². The normalized spacial score (nSPS) is 14.4. The van der Waals surface area contributed by atoms with Crippen molar-refractivity contribution >= 4 is 21.4 Å². The summed E-state index contributed by atoms with van der Waals surface area (Å²) in [6, 6.07) is 23.7. The molecule has 1 atom stereocenters. The van der Waals surface area contributed by atoms with E-state index in [1.54, 1.807) is 18.2 Å². The van der Waals surface area contributed by atoms with Crippen LogP contribution in [-0.4, -0.2) is 35.6 Å². The molecule has 1 N–H and O–H groups in total. The molecule has 4 rings (SSSR count). The van der Waals surface area contributed by atoms with E-state index in [4.69, 9.17) is 0 Å². The summed E-state index contributed by atoms with van der Waals surface area (Å²) in [5.41, 5.74) is 5.61. The molecule has 0 fully saturated rings. The van der Waals surface area contributed by atoms with Crippen molar-refractivity contribution in [2.75, 3.05) is 37.0 Å². The predicted octanol–water partition coefficient (Wildman–Crippen LogP) is 4.14. The molecule has 1 aliphatic heterocycles. The Hall–Kier alpha value is -2.83. The molecule has 3 aromatic carbocycles. The number of aryl methyl sites for hydroxylation is 1. The van der Waals surface area contributed by atoms with Crippen LogP contribution in [0.2, 0.25) is 0 Å². The van der Waals surface area contributed by atoms with E-state index >= 15 is 0 Å². The van der Waals surface area contributed by atoms with E-state index in [0.29, 0.717) is 11.4 Å². The van der Waals surface area contributed by atoms with Crippen LogP contribution in [0.5, 0.6) is 0 Å². The van der Waals surface area contributed by atoms with Crippen LogP contribution in [0, 0.1) is 6.92 Å². The van der Waals surface area contributed by atoms with Crippen molar-refractivity contribution < 1.29 is 8.42 Å². The summed E-state index contributed by atoms with van der Waals surface area (Å²) >= 11 is 0. The van der Waals surface area contributed by atoms with Gasteiger partial charge in [0.05, 0.1) is 10.9 Å². The number of hydrogen-bond donors (Lipinski definition) is 1. The Kier molecular flexibility index (Phi) is 6.03. The maximum absolute atomic E-state index is 13.0. The van der Waals surface area contributed by atoms with Crippen LogP contribution in [0.4, 0.5) is 11.4 Å². The Bertz CT molecular complexity index is 1160. The molecule has 0 amide bonds. The number of sulfonamides is 1. The van der Waals surface area contributed by atoms with Crippen molar-refractivity contribution in [3.05, 3.63) is 89.5 Å². The molecule has 162 valence electrons. The van der Waals surface area contributed by atoms with Gasteiger partial charge in [0.25, 0.3) is 0 Å². The molecule has 5 nitrogen and oxygen atoms in total. The molecule has 0 aromatic heterocycles. The van der Waals surface area contributed by atoms with E-state index in [0.717, 1.165) is 29.8 Å². The van der Waals surface area contributed by atoms with Crippen LogP contribution in [0.3, 0.4) is 0 Å². The zero-order valence-corrected chi connectivity index (χ0v) is 19.1. The third kappa shape index (κ3) is 4.60. The van der Waals surface area contributed by atoms with Crippen molar-refractivity contribution in [3.63, 3.8) is 0 Å². The van der Waals surface area contributed by atoms with Crippen LogP contribution in [-0.2, 0) is 16.4 Å². The highest BCUT2D eigenvalue weighted by atomic mass is 32.2. The van der Waals surface area contributed by atoms with Crippen molar-refractivity contribution in [3.8, 4) is 0 Å². The number of benzene rings is 3. The van der Waals surface area contributed by atoms with Gasteiger partial charge in [0.1, 0.15) is 0 Å². The number of nitrogens with zero attached hydrogens (tertiary/aromatic N) is 2. The molecule has 31 heavy (non-hydrogen) atoms. The van der Waals surface area contributed by atoms with Crippen LogP contribution >= 0.6 is 0 Å². The maximum Gasteiger partial charge on any atom is 0.240 e. The van der Waals surface area contributed by atoms with Gasteiger partial charge in [-0.15, -0.1) is 0 Å². The van der Waals surface area contributed by atoms with Gasteiger partial charge in [0.2, 0.25) is 10.0 Å². The summed E-state index contributed by atoms with van der Waals surface area (Å²) in [6.07, 6.45) is 0.965. The average Bonchev–Trinajstić information content (AvgIpc) is 3.18. The lowest BCUT2D eigenvalue weighted by Crippen LogP contribution is -2.37. The molecule has 6 heteroatoms. The van der Waals surface area contributed by atoms with Gasteiger partial charge in [-0.25, -0.2) is 13.1 Å². The first-order valence-electron chi connectivity index (χ1n) is 10.5. The van der Waals surface area contributed by atoms with Crippen molar-refractivity contribution in [1.29, 1.82) is 0 Å². The number of anilines is 2. The number of nitrogens with one attached hydrogen (secondary N) is 1. The summed E-state index contributed by atoms with van der Waals surface area (Å²) in [6.45, 7) is 3.06. The van der Waals surface area contributed by atoms with Gasteiger partial charge in [-0.05, 0) is 60.4 Å². The van der Waals surface area contributed by atoms with E-state index in [2.05, 4.69) is 57.0 Å². The second-order valence-electron chi connectivity index (χ2n) is 8.24. The number of hydrogen-bond acceptors (Lipinski definition) is 4. The first kappa shape index (κ1) is 21.4. The monoisotopic (exact) mass is 435 g/mol. The first-order valence-corrected chi connectivity index (χ1v) is 12.0. The van der Waals surface area contributed by atoms with Crippen molar-refractivity contribution in [2.24, 2.45) is 0 Å². The van der Waals surface area contributed by atoms with Gasteiger partial charge < -0.3 is 9.80 Å². The molecular formula is C25H29N3O2S. The van der Waals surface area contributed by atoms with E-state index in [-0.39, 0.29) is 6.04 Å². The molecule has 3 aromatic rings. The predicted molar refractivity (Wildman–Crippen MR) is 127 cm³/mol. The van der Waals surface area contributed by atoms with E-state index in [9.17, 15) is 8.42 Å². The topological polar surface area (TPSA) is 52.7 Å². The molecule has 0 saturated heterocycles. The second-order valence-corrected chi connectivity index (χ2v) is 10.0. The second kappa shape index (κ2) is 8.73. The fourth-order valence-electron chi connectivity index (χ4n) is 4.14. The van der Waals surface area contributed by atoms with Crippen LogP contribution in [0.25, 0.3) is 0 Å². The molecular weight excluding hydrogens is 406 g/mol. The molecule has 0 radical (unpaired) electrons. The van der Waals surface area contributed by atoms with Gasteiger partial charge in [0.15, 0.2) is 0 Å². The Morgan fingerprint density at radius 2 is 1.74 bits per heavy atom. The van der Waals surface area contributed by atoms with Crippen LogP contribution in [0.1, 0.15) is 22.7 Å². The standard InChI is InChI=1S/C25H29N3O2S/c1-19-7-6-9-23(17-19)31(29,30)26-18-25(21-11-13-22(14-12-21)27(2)3)28-16-15-20-8-4-5-10-24(20)28/h4-14,17,25-26H,15-16,18H2,1-3H3/t25-/m0/s1. The number of para-hydroxylation sites is 1. The van der Waals surface area contributed by atoms with Crippen LogP contribution in [0.15, 0.2) is 77.7 Å². The summed E-state index contributed by atoms with van der Waals surface area (Å²) < 4.78 is 28.8. The number of fused-ring (bicyclic) bond motifs is 1. The van der Waals surface area contributed by atoms with Gasteiger partial charge in [-0.2, -0.15) is 0 Å². The molecule has 0 unspecified atom stereocenters. The van der Waals surface area contributed by atoms with Crippen molar-refractivity contribution in [2.45, 2.75) is 24.3 Å². The molecule has 0 aliphatic carbocycles. The SMILES string of the molecule is Cc1cccc(S(=O)(=O)NC[C@@H](c2ccc(N(C)C)cc2)N2CCc3ccccc32)c1. The number of rotatable bonds is 7. The summed E-state index contributed by atoms with van der Waals surface area (Å²) in [4.78, 5) is 4.68. The van der Waals surface area contributed by atoms with Crippen molar-refractivity contribution in [1.82, 2.24) is 4.72 Å². The fourth-order valence-corrected chi connectivity index (χ4v) is 5.29. The molecule has 0 saturated carbocycles. The summed E-state index contributed by atoms with van der Waals surface area (Å²) in [5.74, 6) is 0. The highest BCUT2D eigenvalue weighted by molar-refractivity contribution is 7.89. The van der Waals surface area contributed by atoms with Crippen LogP contribution < -0.4 is 14.5 Å².